The minimum atomic E-state index is -5.09. The number of azo groups is 1. The molecule has 234 valence electrons. The summed E-state index contributed by atoms with van der Waals surface area (Å²) in [5, 5.41) is 24.9. The summed E-state index contributed by atoms with van der Waals surface area (Å²) in [6, 6.07) is 8.31. The summed E-state index contributed by atoms with van der Waals surface area (Å²) in [6.07, 6.45) is 2.81. The summed E-state index contributed by atoms with van der Waals surface area (Å²) >= 11 is 6.40. The largest absolute Gasteiger partial charge is 1.00 e. The second kappa shape index (κ2) is 17.2. The van der Waals surface area contributed by atoms with Crippen molar-refractivity contribution in [2.75, 3.05) is 11.1 Å². The summed E-state index contributed by atoms with van der Waals surface area (Å²) < 4.78 is 65.7. The molecular formula is C23H17ClN9Na2O9S3+. The van der Waals surface area contributed by atoms with Crippen molar-refractivity contribution in [2.24, 2.45) is 16.0 Å². The number of sulfone groups is 1. The van der Waals surface area contributed by atoms with Gasteiger partial charge < -0.3 is 26.6 Å². The minimum Gasteiger partial charge on any atom is -0.744 e. The normalized spacial score (nSPS) is 11.4. The van der Waals surface area contributed by atoms with Gasteiger partial charge in [0.1, 0.15) is 21.5 Å². The van der Waals surface area contributed by atoms with Crippen molar-refractivity contribution in [2.45, 2.75) is 14.7 Å². The summed E-state index contributed by atoms with van der Waals surface area (Å²) in [6.45, 7) is 3.25. The number of amides is 1. The van der Waals surface area contributed by atoms with Crippen LogP contribution in [0.2, 0.25) is 5.28 Å². The van der Waals surface area contributed by atoms with Gasteiger partial charge in [0, 0.05) is 5.41 Å². The maximum atomic E-state index is 12.2. The number of nitrogens with zero attached hydrogens (tertiary/aromatic N) is 6. The van der Waals surface area contributed by atoms with E-state index in [1.54, 1.807) is 0 Å². The van der Waals surface area contributed by atoms with Gasteiger partial charge in [0.15, 0.2) is 9.84 Å². The molecular weight excluding hydrogens is 724 g/mol. The van der Waals surface area contributed by atoms with E-state index >= 15 is 0 Å². The molecule has 2 aromatic carbocycles. The topological polar surface area (TPSA) is 281 Å². The fraction of sp³-hybridized carbons (Fsp3) is 0. The molecule has 0 aliphatic carbocycles. The van der Waals surface area contributed by atoms with Gasteiger partial charge in [-0.05, 0) is 64.0 Å². The number of halogens is 1. The van der Waals surface area contributed by atoms with Gasteiger partial charge >= 0.3 is 76.3 Å². The molecule has 0 atom stereocenters. The molecule has 0 spiro atoms. The van der Waals surface area contributed by atoms with Gasteiger partial charge in [0.05, 0.1) is 56.1 Å². The number of aromatic nitrogens is 4. The maximum Gasteiger partial charge on any atom is 1.00 e. The number of nitrogen functional groups attached to an aromatic ring is 1. The van der Waals surface area contributed by atoms with Crippen molar-refractivity contribution in [3.05, 3.63) is 77.7 Å². The van der Waals surface area contributed by atoms with Crippen LogP contribution in [0.3, 0.4) is 0 Å². The Bertz CT molecular complexity index is 2080. The standard InChI is InChI=1S/C23H18ClN9O9S3.2Na/c1-2-44(36,37)13-5-6-15(18(8-13)43-42-41-35)31-32-17-9-14(25)19(45(38,39)40)10-16(17)27-22-28-21(24)29-23(30-22)33-7-3-4-12(11-33)20(26)34;;/h2-11H,1,25H2,(H4-,26,27,28,29,30,34,35,38,39,40);;/q;2*+1/p-1. The first-order chi connectivity index (χ1) is 21.2. The van der Waals surface area contributed by atoms with Crippen molar-refractivity contribution >= 4 is 78.2 Å². The van der Waals surface area contributed by atoms with Crippen LogP contribution in [0.15, 0.2) is 91.8 Å². The molecule has 18 nitrogen and oxygen atoms in total. The maximum absolute atomic E-state index is 12.2. The molecule has 0 aliphatic heterocycles. The zero-order chi connectivity index (χ0) is 32.9. The average Bonchev–Trinajstić information content (AvgIpc) is 2.99. The van der Waals surface area contributed by atoms with Crippen molar-refractivity contribution < 1.29 is 104 Å². The molecule has 5 N–H and O–H groups in total. The van der Waals surface area contributed by atoms with Crippen LogP contribution in [-0.4, -0.2) is 42.2 Å². The van der Waals surface area contributed by atoms with E-state index in [0.29, 0.717) is 17.5 Å². The molecule has 4 aromatic rings. The molecule has 4 rings (SSSR count). The van der Waals surface area contributed by atoms with Crippen LogP contribution >= 0.6 is 23.6 Å². The van der Waals surface area contributed by atoms with Gasteiger partial charge in [0.25, 0.3) is 5.91 Å². The molecule has 0 aliphatic rings. The molecule has 0 bridgehead atoms. The first-order valence-electron chi connectivity index (χ1n) is 11.7. The Morgan fingerprint density at radius 1 is 1.09 bits per heavy atom. The molecule has 0 radical (unpaired) electrons. The average molecular weight is 741 g/mol. The van der Waals surface area contributed by atoms with Gasteiger partial charge in [-0.3, -0.25) is 9.83 Å². The Labute approximate surface area is 320 Å². The third kappa shape index (κ3) is 10.4. The number of nitrogens with one attached hydrogen (secondary N) is 1. The van der Waals surface area contributed by atoms with E-state index in [2.05, 4.69) is 46.4 Å². The monoisotopic (exact) mass is 740 g/mol. The molecule has 0 unspecified atom stereocenters. The van der Waals surface area contributed by atoms with Crippen molar-refractivity contribution in [3.63, 3.8) is 0 Å². The molecule has 0 saturated heterocycles. The summed E-state index contributed by atoms with van der Waals surface area (Å²) in [7, 11) is -8.98. The Balaban J connectivity index is 0.00000384. The fourth-order valence-corrected chi connectivity index (χ4v) is 5.48. The number of hydrogen-bond donors (Lipinski definition) is 3. The van der Waals surface area contributed by atoms with Crippen LogP contribution < -0.4 is 85.7 Å². The number of pyridine rings is 1. The van der Waals surface area contributed by atoms with Gasteiger partial charge in [0.2, 0.25) is 0 Å². The molecule has 47 heavy (non-hydrogen) atoms. The summed E-state index contributed by atoms with van der Waals surface area (Å²) in [4.78, 5) is 22.7. The number of primary amides is 1. The molecule has 2 heterocycles. The Morgan fingerprint density at radius 2 is 1.79 bits per heavy atom. The van der Waals surface area contributed by atoms with Crippen LogP contribution in [-0.2, 0) is 29.3 Å². The molecule has 0 fully saturated rings. The van der Waals surface area contributed by atoms with E-state index in [4.69, 9.17) is 23.1 Å². The van der Waals surface area contributed by atoms with E-state index < -0.39 is 36.4 Å². The first kappa shape index (κ1) is 40.6. The summed E-state index contributed by atoms with van der Waals surface area (Å²) in [5.41, 5.74) is 10.4. The predicted molar refractivity (Wildman–Crippen MR) is 153 cm³/mol. The number of benzene rings is 2. The third-order valence-electron chi connectivity index (χ3n) is 5.45. The van der Waals surface area contributed by atoms with Crippen LogP contribution in [0, 0.1) is 0 Å². The Morgan fingerprint density at radius 3 is 2.43 bits per heavy atom. The van der Waals surface area contributed by atoms with E-state index in [-0.39, 0.29) is 109 Å². The van der Waals surface area contributed by atoms with E-state index in [9.17, 15) is 31.4 Å². The minimum absolute atomic E-state index is 0. The van der Waals surface area contributed by atoms with E-state index in [1.807, 2.05) is 0 Å². The number of carbonyl (C=O) groups excluding carboxylic acids is 1. The van der Waals surface area contributed by atoms with Crippen LogP contribution in [0.1, 0.15) is 10.4 Å². The fourth-order valence-electron chi connectivity index (χ4n) is 3.44. The van der Waals surface area contributed by atoms with Gasteiger partial charge in [-0.2, -0.15) is 9.32 Å². The van der Waals surface area contributed by atoms with Gasteiger partial charge in [-0.25, -0.2) is 21.4 Å². The number of hydrogen-bond acceptors (Lipinski definition) is 17. The molecule has 24 heteroatoms. The van der Waals surface area contributed by atoms with E-state index in [0.717, 1.165) is 18.2 Å². The van der Waals surface area contributed by atoms with Crippen LogP contribution in [0.25, 0.3) is 5.95 Å². The second-order valence-corrected chi connectivity index (χ2v) is 12.7. The van der Waals surface area contributed by atoms with Crippen molar-refractivity contribution in [1.82, 2.24) is 15.0 Å². The predicted octanol–water partition coefficient (Wildman–Crippen LogP) is -4.30. The number of nitrogens with two attached hydrogens (primary N) is 2. The SMILES string of the molecule is C=CS(=O)(=O)c1ccc(N=Nc2cc(N)c(S(=O)(=O)[O-])cc2Nc2nc(Cl)nc(-[n+]3cccc(C(N)=O)c3)n2)c(SOO[O-])c1.[Na+].[Na+]. The Hall–Kier alpha value is -2.61. The zero-order valence-electron chi connectivity index (χ0n) is 24.1. The second-order valence-electron chi connectivity index (χ2n) is 8.34. The first-order valence-corrected chi connectivity index (χ1v) is 15.7. The quantitative estimate of drug-likeness (QED) is 0.0181. The molecule has 0 saturated carbocycles. The van der Waals surface area contributed by atoms with Gasteiger partial charge in [-0.1, -0.05) is 6.58 Å². The van der Waals surface area contributed by atoms with Gasteiger partial charge in [-0.15, -0.1) is 10.2 Å². The number of rotatable bonds is 12. The smallest absolute Gasteiger partial charge is 0.744 e. The number of carbonyl (C=O) groups is 1. The van der Waals surface area contributed by atoms with Crippen molar-refractivity contribution in [3.8, 4) is 5.95 Å². The molecule has 1 amide bonds. The van der Waals surface area contributed by atoms with E-state index in [1.165, 1.54) is 41.2 Å². The Kier molecular flexibility index (Phi) is 14.8. The molecule has 2 aromatic heterocycles. The third-order valence-corrected chi connectivity index (χ3v) is 8.49. The summed E-state index contributed by atoms with van der Waals surface area (Å²) in [5.74, 6) is -1.09. The number of anilines is 3. The van der Waals surface area contributed by atoms with Crippen molar-refractivity contribution in [1.29, 1.82) is 0 Å². The van der Waals surface area contributed by atoms with Crippen LogP contribution in [0.5, 0.6) is 0 Å². The van der Waals surface area contributed by atoms with Crippen LogP contribution in [0.4, 0.5) is 28.7 Å². The zero-order valence-corrected chi connectivity index (χ0v) is 31.3.